The summed E-state index contributed by atoms with van der Waals surface area (Å²) in [6.07, 6.45) is 4.26. The zero-order chi connectivity index (χ0) is 18.7. The highest BCUT2D eigenvalue weighted by molar-refractivity contribution is 5.40. The van der Waals surface area contributed by atoms with Crippen molar-refractivity contribution in [2.24, 2.45) is 0 Å². The molecule has 2 aromatic rings. The molecular formula is C22H29N3O2. The Hall–Kier alpha value is -2.11. The van der Waals surface area contributed by atoms with Crippen molar-refractivity contribution >= 4 is 0 Å². The molecule has 0 radical (unpaired) electrons. The molecule has 144 valence electrons. The highest BCUT2D eigenvalue weighted by Gasteiger charge is 2.37. The maximum Gasteiger partial charge on any atom is 0.161 e. The van der Waals surface area contributed by atoms with Gasteiger partial charge in [0.05, 0.1) is 0 Å². The van der Waals surface area contributed by atoms with Gasteiger partial charge in [0.15, 0.2) is 11.5 Å². The third kappa shape index (κ3) is 4.09. The second-order valence-electron chi connectivity index (χ2n) is 7.95. The van der Waals surface area contributed by atoms with Crippen LogP contribution in [0.5, 0.6) is 11.5 Å². The van der Waals surface area contributed by atoms with Crippen LogP contribution < -0.4 is 14.8 Å². The fourth-order valence-electron chi connectivity index (χ4n) is 4.26. The number of nitrogens with one attached hydrogen (secondary N) is 1. The summed E-state index contributed by atoms with van der Waals surface area (Å²) in [7, 11) is 2.18. The van der Waals surface area contributed by atoms with E-state index in [0.717, 1.165) is 50.5 Å². The number of hydrogen-bond acceptors (Lipinski definition) is 5. The highest BCUT2D eigenvalue weighted by atomic mass is 16.6. The summed E-state index contributed by atoms with van der Waals surface area (Å²) in [5.41, 5.74) is 2.52. The summed E-state index contributed by atoms with van der Waals surface area (Å²) in [6, 6.07) is 12.3. The lowest BCUT2D eigenvalue weighted by Gasteiger charge is -2.41. The molecule has 1 atom stereocenters. The molecule has 27 heavy (non-hydrogen) atoms. The largest absolute Gasteiger partial charge is 0.486 e. The molecule has 1 aromatic heterocycles. The van der Waals surface area contributed by atoms with Crippen LogP contribution in [0.15, 0.2) is 42.6 Å². The zero-order valence-electron chi connectivity index (χ0n) is 16.3. The summed E-state index contributed by atoms with van der Waals surface area (Å²) in [5.74, 6) is 1.69. The molecule has 4 rings (SSSR count). The smallest absolute Gasteiger partial charge is 0.161 e. The van der Waals surface area contributed by atoms with Crippen LogP contribution in [-0.2, 0) is 5.41 Å². The predicted molar refractivity (Wildman–Crippen MR) is 107 cm³/mol. The van der Waals surface area contributed by atoms with Gasteiger partial charge in [0.25, 0.3) is 0 Å². The lowest BCUT2D eigenvalue weighted by Crippen LogP contribution is -2.49. The molecule has 0 spiro atoms. The Kier molecular flexibility index (Phi) is 5.32. The van der Waals surface area contributed by atoms with E-state index >= 15 is 0 Å². The Morgan fingerprint density at radius 2 is 1.93 bits per heavy atom. The van der Waals surface area contributed by atoms with Gasteiger partial charge in [0.1, 0.15) is 12.7 Å². The molecule has 1 saturated heterocycles. The minimum atomic E-state index is 0.0506. The van der Waals surface area contributed by atoms with Crippen molar-refractivity contribution in [2.75, 3.05) is 39.8 Å². The van der Waals surface area contributed by atoms with Crippen LogP contribution in [0, 0.1) is 6.92 Å². The van der Waals surface area contributed by atoms with E-state index in [1.54, 1.807) is 0 Å². The number of benzene rings is 1. The first kappa shape index (κ1) is 18.3. The molecule has 1 fully saturated rings. The van der Waals surface area contributed by atoms with Crippen molar-refractivity contribution in [3.8, 4) is 11.5 Å². The number of rotatable bonds is 5. The molecule has 0 aliphatic carbocycles. The Balaban J connectivity index is 1.44. The zero-order valence-corrected chi connectivity index (χ0v) is 16.3. The molecule has 5 heteroatoms. The number of pyridine rings is 1. The van der Waals surface area contributed by atoms with Crippen LogP contribution in [0.2, 0.25) is 0 Å². The van der Waals surface area contributed by atoms with Gasteiger partial charge in [-0.1, -0.05) is 18.2 Å². The maximum atomic E-state index is 6.15. The standard InChI is InChI=1S/C22H29N3O2/c1-17-7-8-21(24-13-17)22(9-11-23-12-10-22)16-25(2)14-18-15-26-19-5-3-4-6-20(19)27-18/h3-8,13,18,23H,9-12,14-16H2,1-2H3. The van der Waals surface area contributed by atoms with Crippen LogP contribution in [0.3, 0.4) is 0 Å². The van der Waals surface area contributed by atoms with Crippen LogP contribution in [0.4, 0.5) is 0 Å². The number of para-hydroxylation sites is 2. The van der Waals surface area contributed by atoms with Gasteiger partial charge >= 0.3 is 0 Å². The van der Waals surface area contributed by atoms with Gasteiger partial charge < -0.3 is 19.7 Å². The SMILES string of the molecule is Cc1ccc(C2(CN(C)CC3COc4ccccc4O3)CCNCC2)nc1. The summed E-state index contributed by atoms with van der Waals surface area (Å²) < 4.78 is 12.0. The molecule has 1 N–H and O–H groups in total. The van der Waals surface area contributed by atoms with Crippen molar-refractivity contribution < 1.29 is 9.47 Å². The van der Waals surface area contributed by atoms with Crippen molar-refractivity contribution in [2.45, 2.75) is 31.3 Å². The van der Waals surface area contributed by atoms with Gasteiger partial charge in [-0.25, -0.2) is 0 Å². The number of ether oxygens (including phenoxy) is 2. The van der Waals surface area contributed by atoms with E-state index in [1.165, 1.54) is 11.3 Å². The quantitative estimate of drug-likeness (QED) is 0.881. The van der Waals surface area contributed by atoms with Gasteiger partial charge in [-0.05, 0) is 63.7 Å². The predicted octanol–water partition coefficient (Wildman–Crippen LogP) is 2.78. The first-order valence-electron chi connectivity index (χ1n) is 9.86. The lowest BCUT2D eigenvalue weighted by atomic mass is 9.75. The van der Waals surface area contributed by atoms with Crippen LogP contribution in [-0.4, -0.2) is 55.8 Å². The number of nitrogens with zero attached hydrogens (tertiary/aromatic N) is 2. The molecule has 0 saturated carbocycles. The fraction of sp³-hybridized carbons (Fsp3) is 0.500. The summed E-state index contributed by atoms with van der Waals surface area (Å²) in [6.45, 7) is 6.59. The number of piperidine rings is 1. The van der Waals surface area contributed by atoms with Gasteiger partial charge in [-0.2, -0.15) is 0 Å². The summed E-state index contributed by atoms with van der Waals surface area (Å²) in [4.78, 5) is 7.18. The first-order chi connectivity index (χ1) is 13.1. The van der Waals surface area contributed by atoms with E-state index in [-0.39, 0.29) is 11.5 Å². The number of hydrogen-bond donors (Lipinski definition) is 1. The minimum absolute atomic E-state index is 0.0506. The van der Waals surface area contributed by atoms with Gasteiger partial charge in [0, 0.05) is 30.4 Å². The van der Waals surface area contributed by atoms with Crippen molar-refractivity contribution in [1.82, 2.24) is 15.2 Å². The van der Waals surface area contributed by atoms with E-state index in [9.17, 15) is 0 Å². The van der Waals surface area contributed by atoms with E-state index in [0.29, 0.717) is 6.61 Å². The molecule has 5 nitrogen and oxygen atoms in total. The van der Waals surface area contributed by atoms with Crippen molar-refractivity contribution in [1.29, 1.82) is 0 Å². The van der Waals surface area contributed by atoms with Gasteiger partial charge in [-0.15, -0.1) is 0 Å². The molecule has 2 aliphatic rings. The molecule has 1 aromatic carbocycles. The third-order valence-electron chi connectivity index (χ3n) is 5.67. The summed E-state index contributed by atoms with van der Waals surface area (Å²) >= 11 is 0. The fourth-order valence-corrected chi connectivity index (χ4v) is 4.26. The Bertz CT molecular complexity index is 756. The second-order valence-corrected chi connectivity index (χ2v) is 7.95. The Morgan fingerprint density at radius 1 is 1.15 bits per heavy atom. The molecular weight excluding hydrogens is 338 g/mol. The topological polar surface area (TPSA) is 46.6 Å². The molecule has 3 heterocycles. The van der Waals surface area contributed by atoms with E-state index in [2.05, 4.69) is 36.3 Å². The Morgan fingerprint density at radius 3 is 2.67 bits per heavy atom. The van der Waals surface area contributed by atoms with Crippen molar-refractivity contribution in [3.63, 3.8) is 0 Å². The third-order valence-corrected chi connectivity index (χ3v) is 5.67. The average Bonchev–Trinajstić information content (AvgIpc) is 2.69. The first-order valence-corrected chi connectivity index (χ1v) is 9.86. The average molecular weight is 367 g/mol. The molecule has 2 aliphatic heterocycles. The van der Waals surface area contributed by atoms with Crippen molar-refractivity contribution in [3.05, 3.63) is 53.9 Å². The minimum Gasteiger partial charge on any atom is -0.486 e. The highest BCUT2D eigenvalue weighted by Crippen LogP contribution is 2.34. The van der Waals surface area contributed by atoms with E-state index < -0.39 is 0 Å². The number of fused-ring (bicyclic) bond motifs is 1. The van der Waals surface area contributed by atoms with Crippen LogP contribution in [0.25, 0.3) is 0 Å². The number of aromatic nitrogens is 1. The normalized spacial score (nSPS) is 21.2. The van der Waals surface area contributed by atoms with Crippen LogP contribution >= 0.6 is 0 Å². The molecule has 0 bridgehead atoms. The lowest BCUT2D eigenvalue weighted by molar-refractivity contribution is 0.0566. The Labute approximate surface area is 161 Å². The second kappa shape index (κ2) is 7.87. The number of aryl methyl sites for hydroxylation is 1. The molecule has 1 unspecified atom stereocenters. The molecule has 0 amide bonds. The number of likely N-dealkylation sites (N-methyl/N-ethyl adjacent to an activating group) is 1. The van der Waals surface area contributed by atoms with Gasteiger partial charge in [0.2, 0.25) is 0 Å². The van der Waals surface area contributed by atoms with E-state index in [4.69, 9.17) is 14.5 Å². The van der Waals surface area contributed by atoms with Crippen LogP contribution in [0.1, 0.15) is 24.1 Å². The maximum absolute atomic E-state index is 6.15. The monoisotopic (exact) mass is 367 g/mol. The van der Waals surface area contributed by atoms with Gasteiger partial charge in [-0.3, -0.25) is 4.98 Å². The van der Waals surface area contributed by atoms with E-state index in [1.807, 2.05) is 30.5 Å². The summed E-state index contributed by atoms with van der Waals surface area (Å²) in [5, 5.41) is 3.50.